The van der Waals surface area contributed by atoms with Crippen molar-refractivity contribution < 1.29 is 9.84 Å². The monoisotopic (exact) mass is 270 g/mol. The Morgan fingerprint density at radius 2 is 2.26 bits per heavy atom. The average Bonchev–Trinajstić information content (AvgIpc) is 2.47. The van der Waals surface area contributed by atoms with Crippen LogP contribution in [-0.2, 0) is 4.74 Å². The molecule has 0 aromatic carbocycles. The van der Waals surface area contributed by atoms with E-state index < -0.39 is 0 Å². The number of aliphatic hydroxyl groups excluding tert-OH is 1. The molecule has 2 rings (SSSR count). The minimum absolute atomic E-state index is 0.0474. The second-order valence-electron chi connectivity index (χ2n) is 6.09. The van der Waals surface area contributed by atoms with Crippen LogP contribution in [0, 0.1) is 0 Å². The SMILES string of the molecule is CCNC1(CO)CCCC(N2CCOCC2CC)C1. The first-order chi connectivity index (χ1) is 9.24. The molecule has 1 saturated heterocycles. The molecule has 1 heterocycles. The van der Waals surface area contributed by atoms with E-state index in [1.165, 1.54) is 12.8 Å². The van der Waals surface area contributed by atoms with Crippen LogP contribution in [0.3, 0.4) is 0 Å². The highest BCUT2D eigenvalue weighted by Crippen LogP contribution is 2.33. The second-order valence-corrected chi connectivity index (χ2v) is 6.09. The molecule has 3 unspecified atom stereocenters. The predicted molar refractivity (Wildman–Crippen MR) is 77.4 cm³/mol. The Kier molecular flexibility index (Phi) is 5.63. The van der Waals surface area contributed by atoms with Crippen molar-refractivity contribution in [1.29, 1.82) is 0 Å². The molecule has 19 heavy (non-hydrogen) atoms. The summed E-state index contributed by atoms with van der Waals surface area (Å²) in [5, 5.41) is 13.3. The highest BCUT2D eigenvalue weighted by molar-refractivity contribution is 4.97. The average molecular weight is 270 g/mol. The summed E-state index contributed by atoms with van der Waals surface area (Å²) in [6.07, 6.45) is 5.82. The van der Waals surface area contributed by atoms with E-state index in [9.17, 15) is 5.11 Å². The number of ether oxygens (including phenoxy) is 1. The van der Waals surface area contributed by atoms with E-state index in [-0.39, 0.29) is 12.1 Å². The minimum atomic E-state index is -0.0474. The summed E-state index contributed by atoms with van der Waals surface area (Å²) in [6, 6.07) is 1.17. The van der Waals surface area contributed by atoms with Gasteiger partial charge in [0.15, 0.2) is 0 Å². The molecule has 0 amide bonds. The van der Waals surface area contributed by atoms with Crippen LogP contribution in [-0.4, -0.2) is 60.5 Å². The second kappa shape index (κ2) is 7.02. The Balaban J connectivity index is 2.02. The molecule has 1 aliphatic carbocycles. The third-order valence-electron chi connectivity index (χ3n) is 4.89. The van der Waals surface area contributed by atoms with Crippen molar-refractivity contribution in [1.82, 2.24) is 10.2 Å². The van der Waals surface area contributed by atoms with Crippen molar-refractivity contribution in [3.05, 3.63) is 0 Å². The molecule has 2 fully saturated rings. The lowest BCUT2D eigenvalue weighted by Gasteiger charge is -2.48. The fourth-order valence-electron chi connectivity index (χ4n) is 3.85. The summed E-state index contributed by atoms with van der Waals surface area (Å²) in [7, 11) is 0. The van der Waals surface area contributed by atoms with Gasteiger partial charge in [0.1, 0.15) is 0 Å². The zero-order valence-electron chi connectivity index (χ0n) is 12.5. The number of hydrogen-bond donors (Lipinski definition) is 2. The van der Waals surface area contributed by atoms with Crippen molar-refractivity contribution in [3.63, 3.8) is 0 Å². The van der Waals surface area contributed by atoms with Crippen LogP contribution < -0.4 is 5.32 Å². The molecule has 4 nitrogen and oxygen atoms in total. The number of nitrogens with zero attached hydrogens (tertiary/aromatic N) is 1. The van der Waals surface area contributed by atoms with Crippen LogP contribution in [0.1, 0.15) is 46.0 Å². The highest BCUT2D eigenvalue weighted by atomic mass is 16.5. The van der Waals surface area contributed by atoms with Crippen molar-refractivity contribution in [2.75, 3.05) is 32.9 Å². The maximum atomic E-state index is 9.81. The van der Waals surface area contributed by atoms with Gasteiger partial charge in [0, 0.05) is 24.2 Å². The van der Waals surface area contributed by atoms with E-state index in [0.29, 0.717) is 12.1 Å². The van der Waals surface area contributed by atoms with Crippen LogP contribution in [0.15, 0.2) is 0 Å². The third kappa shape index (κ3) is 3.48. The Bertz CT molecular complexity index is 271. The lowest BCUT2D eigenvalue weighted by Crippen LogP contribution is -2.59. The molecule has 112 valence electrons. The van der Waals surface area contributed by atoms with Crippen LogP contribution >= 0.6 is 0 Å². The fourth-order valence-corrected chi connectivity index (χ4v) is 3.85. The quantitative estimate of drug-likeness (QED) is 0.792. The van der Waals surface area contributed by atoms with E-state index >= 15 is 0 Å². The summed E-state index contributed by atoms with van der Waals surface area (Å²) in [5.41, 5.74) is -0.0474. The molecule has 0 aromatic rings. The predicted octanol–water partition coefficient (Wildman–Crippen LogP) is 1.38. The van der Waals surface area contributed by atoms with Gasteiger partial charge in [-0.15, -0.1) is 0 Å². The Labute approximate surface area is 117 Å². The molecule has 1 aliphatic heterocycles. The zero-order valence-corrected chi connectivity index (χ0v) is 12.5. The fraction of sp³-hybridized carbons (Fsp3) is 1.00. The van der Waals surface area contributed by atoms with E-state index in [2.05, 4.69) is 24.1 Å². The van der Waals surface area contributed by atoms with Crippen molar-refractivity contribution in [2.45, 2.75) is 63.6 Å². The van der Waals surface area contributed by atoms with Gasteiger partial charge in [-0.3, -0.25) is 4.90 Å². The topological polar surface area (TPSA) is 44.7 Å². The minimum Gasteiger partial charge on any atom is -0.394 e. The van der Waals surface area contributed by atoms with Crippen LogP contribution in [0.4, 0.5) is 0 Å². The lowest BCUT2D eigenvalue weighted by atomic mass is 9.78. The van der Waals surface area contributed by atoms with E-state index in [1.807, 2.05) is 0 Å². The van der Waals surface area contributed by atoms with Crippen molar-refractivity contribution >= 4 is 0 Å². The highest BCUT2D eigenvalue weighted by Gasteiger charge is 2.39. The van der Waals surface area contributed by atoms with Gasteiger partial charge in [-0.05, 0) is 38.6 Å². The molecule has 1 saturated carbocycles. The number of nitrogens with one attached hydrogen (secondary N) is 1. The molecule has 2 N–H and O–H groups in total. The standard InChI is InChI=1S/C15H30N2O2/c1-3-13-11-19-9-8-17(13)14-6-5-7-15(10-14,12-18)16-4-2/h13-14,16,18H,3-12H2,1-2H3. The number of likely N-dealkylation sites (N-methyl/N-ethyl adjacent to an activating group) is 1. The molecular formula is C15H30N2O2. The molecule has 3 atom stereocenters. The first-order valence-corrected chi connectivity index (χ1v) is 7.94. The lowest BCUT2D eigenvalue weighted by molar-refractivity contribution is -0.0497. The number of aliphatic hydroxyl groups is 1. The summed E-state index contributed by atoms with van der Waals surface area (Å²) in [6.45, 7) is 8.37. The van der Waals surface area contributed by atoms with Gasteiger partial charge >= 0.3 is 0 Å². The molecule has 2 aliphatic rings. The third-order valence-corrected chi connectivity index (χ3v) is 4.89. The maximum Gasteiger partial charge on any atom is 0.0622 e. The van der Waals surface area contributed by atoms with Gasteiger partial charge in [-0.1, -0.05) is 13.8 Å². The van der Waals surface area contributed by atoms with Gasteiger partial charge in [0.25, 0.3) is 0 Å². The Morgan fingerprint density at radius 1 is 1.42 bits per heavy atom. The molecular weight excluding hydrogens is 240 g/mol. The van der Waals surface area contributed by atoms with E-state index in [4.69, 9.17) is 4.74 Å². The first kappa shape index (κ1) is 15.2. The molecule has 0 radical (unpaired) electrons. The van der Waals surface area contributed by atoms with Crippen molar-refractivity contribution in [2.24, 2.45) is 0 Å². The Morgan fingerprint density at radius 3 is 2.95 bits per heavy atom. The number of morpholine rings is 1. The number of rotatable bonds is 5. The Hall–Kier alpha value is -0.160. The zero-order chi connectivity index (χ0) is 13.7. The summed E-state index contributed by atoms with van der Waals surface area (Å²) in [5.74, 6) is 0. The van der Waals surface area contributed by atoms with E-state index in [1.54, 1.807) is 0 Å². The van der Waals surface area contributed by atoms with E-state index in [0.717, 1.165) is 45.6 Å². The van der Waals surface area contributed by atoms with Gasteiger partial charge in [-0.2, -0.15) is 0 Å². The summed E-state index contributed by atoms with van der Waals surface area (Å²) < 4.78 is 5.61. The van der Waals surface area contributed by atoms with Crippen molar-refractivity contribution in [3.8, 4) is 0 Å². The summed E-state index contributed by atoms with van der Waals surface area (Å²) in [4.78, 5) is 2.64. The van der Waals surface area contributed by atoms with Gasteiger partial charge < -0.3 is 15.2 Å². The molecule has 0 aromatic heterocycles. The van der Waals surface area contributed by atoms with Gasteiger partial charge in [0.05, 0.1) is 19.8 Å². The summed E-state index contributed by atoms with van der Waals surface area (Å²) >= 11 is 0. The van der Waals surface area contributed by atoms with Crippen LogP contribution in [0.25, 0.3) is 0 Å². The molecule has 0 bridgehead atoms. The molecule has 4 heteroatoms. The number of hydrogen-bond acceptors (Lipinski definition) is 4. The van der Waals surface area contributed by atoms with Gasteiger partial charge in [-0.25, -0.2) is 0 Å². The van der Waals surface area contributed by atoms with Crippen LogP contribution in [0.2, 0.25) is 0 Å². The normalized spacial score (nSPS) is 37.4. The van der Waals surface area contributed by atoms with Crippen LogP contribution in [0.5, 0.6) is 0 Å². The first-order valence-electron chi connectivity index (χ1n) is 7.94. The molecule has 0 spiro atoms. The van der Waals surface area contributed by atoms with Gasteiger partial charge in [0.2, 0.25) is 0 Å². The maximum absolute atomic E-state index is 9.81. The largest absolute Gasteiger partial charge is 0.394 e. The smallest absolute Gasteiger partial charge is 0.0622 e.